The van der Waals surface area contributed by atoms with Gasteiger partial charge in [0.15, 0.2) is 0 Å². The summed E-state index contributed by atoms with van der Waals surface area (Å²) in [5, 5.41) is 0. The van der Waals surface area contributed by atoms with Crippen molar-refractivity contribution in [3.63, 3.8) is 0 Å². The van der Waals surface area contributed by atoms with Gasteiger partial charge in [0.25, 0.3) is 0 Å². The number of allylic oxidation sites excluding steroid dienone is 2. The molecule has 0 unspecified atom stereocenters. The van der Waals surface area contributed by atoms with Crippen LogP contribution in [0.4, 0.5) is 11.4 Å². The summed E-state index contributed by atoms with van der Waals surface area (Å²) in [4.78, 5) is 10.5. The summed E-state index contributed by atoms with van der Waals surface area (Å²) in [6.07, 6.45) is 88.6. The monoisotopic (exact) mass is 1200 g/mol. The molecule has 482 valence electrons. The number of aliphatic imine (C=N–C) groups is 2. The SMILES string of the molecule is CCC#CC(=Nc1cccc(C=CCCCCCCCCCCCCCCCCCCCCCCCCCCC)c1)C(CCCCC)=Nc1cccc(C=CCCCCCCCCCCCCCCCCCCCCCCCCCCC)c1.[Ni]. The molecule has 84 heavy (non-hydrogen) atoms. The van der Waals surface area contributed by atoms with Crippen molar-refractivity contribution < 1.29 is 16.5 Å². The Morgan fingerprint density at radius 3 is 0.869 bits per heavy atom. The van der Waals surface area contributed by atoms with Crippen LogP contribution in [0.15, 0.2) is 70.7 Å². The topological polar surface area (TPSA) is 24.7 Å². The first-order valence-corrected chi connectivity index (χ1v) is 37.4. The third-order valence-electron chi connectivity index (χ3n) is 17.5. The predicted octanol–water partition coefficient (Wildman–Crippen LogP) is 28.9. The molecule has 0 amide bonds. The summed E-state index contributed by atoms with van der Waals surface area (Å²) >= 11 is 0. The second kappa shape index (κ2) is 64.8. The molecule has 0 aliphatic heterocycles. The van der Waals surface area contributed by atoms with Gasteiger partial charge in [0.2, 0.25) is 0 Å². The van der Waals surface area contributed by atoms with E-state index in [1.165, 1.54) is 345 Å². The van der Waals surface area contributed by atoms with Crippen molar-refractivity contribution in [2.24, 2.45) is 9.98 Å². The van der Waals surface area contributed by atoms with Gasteiger partial charge in [-0.2, -0.15) is 0 Å². The van der Waals surface area contributed by atoms with Crippen LogP contribution in [-0.4, -0.2) is 11.4 Å². The molecule has 2 aromatic carbocycles. The fourth-order valence-electron chi connectivity index (χ4n) is 12.0. The van der Waals surface area contributed by atoms with Crippen LogP contribution in [0.3, 0.4) is 0 Å². The smallest absolute Gasteiger partial charge is 0.135 e. The Hall–Kier alpha value is -2.69. The molecule has 0 atom stereocenters. The Labute approximate surface area is 535 Å². The van der Waals surface area contributed by atoms with Gasteiger partial charge in [0, 0.05) is 22.9 Å². The van der Waals surface area contributed by atoms with Crippen molar-refractivity contribution in [1.29, 1.82) is 0 Å². The molecule has 2 aromatic rings. The summed E-state index contributed by atoms with van der Waals surface area (Å²) in [7, 11) is 0. The molecule has 3 heteroatoms. The van der Waals surface area contributed by atoms with E-state index in [9.17, 15) is 0 Å². The normalized spacial score (nSPS) is 12.0. The molecule has 0 spiro atoms. The van der Waals surface area contributed by atoms with Gasteiger partial charge < -0.3 is 0 Å². The molecule has 0 saturated carbocycles. The number of rotatable bonds is 61. The predicted molar refractivity (Wildman–Crippen MR) is 379 cm³/mol. The molecule has 0 N–H and O–H groups in total. The van der Waals surface area contributed by atoms with Crippen LogP contribution in [0.2, 0.25) is 0 Å². The minimum atomic E-state index is 0. The molecule has 0 saturated heterocycles. The number of benzene rings is 2. The van der Waals surface area contributed by atoms with Crippen LogP contribution in [0.5, 0.6) is 0 Å². The Morgan fingerprint density at radius 1 is 0.321 bits per heavy atom. The van der Waals surface area contributed by atoms with E-state index in [0.717, 1.165) is 54.9 Å². The quantitative estimate of drug-likeness (QED) is 0.0273. The van der Waals surface area contributed by atoms with E-state index in [2.05, 4.69) is 112 Å². The molecule has 0 aliphatic rings. The van der Waals surface area contributed by atoms with Gasteiger partial charge in [0.1, 0.15) is 5.71 Å². The summed E-state index contributed by atoms with van der Waals surface area (Å²) < 4.78 is 0. The number of hydrogen-bond acceptors (Lipinski definition) is 2. The summed E-state index contributed by atoms with van der Waals surface area (Å²) in [6.45, 7) is 9.01. The Bertz CT molecular complexity index is 1870. The molecule has 0 radical (unpaired) electrons. The van der Waals surface area contributed by atoms with Crippen LogP contribution in [0.1, 0.15) is 405 Å². The first-order chi connectivity index (χ1) is 41.2. The maximum atomic E-state index is 5.29. The molecule has 0 aromatic heterocycles. The van der Waals surface area contributed by atoms with Crippen LogP contribution in [0, 0.1) is 11.8 Å². The maximum absolute atomic E-state index is 5.29. The van der Waals surface area contributed by atoms with Crippen LogP contribution in [0.25, 0.3) is 12.2 Å². The third-order valence-corrected chi connectivity index (χ3v) is 17.5. The zero-order valence-corrected chi connectivity index (χ0v) is 57.4. The van der Waals surface area contributed by atoms with E-state index in [1.54, 1.807) is 0 Å². The fraction of sp³-hybridized carbons (Fsp3) is 0.753. The summed E-state index contributed by atoms with van der Waals surface area (Å²) in [5.41, 5.74) is 6.18. The van der Waals surface area contributed by atoms with Gasteiger partial charge in [-0.3, -0.25) is 4.99 Å². The first-order valence-electron chi connectivity index (χ1n) is 37.4. The molecule has 0 bridgehead atoms. The number of unbranched alkanes of at least 4 members (excludes halogenated alkanes) is 52. The molecule has 2 nitrogen and oxygen atoms in total. The average molecular weight is 1200 g/mol. The van der Waals surface area contributed by atoms with E-state index in [1.807, 2.05) is 0 Å². The van der Waals surface area contributed by atoms with Gasteiger partial charge in [-0.25, -0.2) is 4.99 Å². The molecule has 0 heterocycles. The average Bonchev–Trinajstić information content (AvgIpc) is 3.66. The van der Waals surface area contributed by atoms with Gasteiger partial charge in [-0.05, 0) is 79.8 Å². The van der Waals surface area contributed by atoms with E-state index >= 15 is 0 Å². The Balaban J connectivity index is 0.0000353. The summed E-state index contributed by atoms with van der Waals surface area (Å²) in [6, 6.07) is 17.4. The van der Waals surface area contributed by atoms with E-state index < -0.39 is 0 Å². The van der Waals surface area contributed by atoms with Gasteiger partial charge in [-0.1, -0.05) is 403 Å². The second-order valence-electron chi connectivity index (χ2n) is 25.7. The van der Waals surface area contributed by atoms with Gasteiger partial charge in [0.05, 0.1) is 17.1 Å². The number of nitrogens with zero attached hydrogens (tertiary/aromatic N) is 2. The summed E-state index contributed by atoms with van der Waals surface area (Å²) in [5.74, 6) is 6.80. The Kier molecular flexibility index (Phi) is 61.2. The molecular formula is C81H138N2Ni. The van der Waals surface area contributed by atoms with Crippen molar-refractivity contribution in [2.45, 2.75) is 394 Å². The van der Waals surface area contributed by atoms with Crippen LogP contribution in [-0.2, 0) is 16.5 Å². The molecule has 0 aliphatic carbocycles. The first kappa shape index (κ1) is 79.3. The fourth-order valence-corrected chi connectivity index (χ4v) is 12.0. The van der Waals surface area contributed by atoms with Gasteiger partial charge in [-0.15, -0.1) is 0 Å². The van der Waals surface area contributed by atoms with Crippen LogP contribution >= 0.6 is 0 Å². The van der Waals surface area contributed by atoms with Gasteiger partial charge >= 0.3 is 0 Å². The van der Waals surface area contributed by atoms with Crippen molar-refractivity contribution >= 4 is 35.0 Å². The zero-order valence-electron chi connectivity index (χ0n) is 56.4. The largest absolute Gasteiger partial charge is 0.250 e. The van der Waals surface area contributed by atoms with Crippen molar-refractivity contribution in [3.05, 3.63) is 71.8 Å². The van der Waals surface area contributed by atoms with E-state index in [4.69, 9.17) is 9.98 Å². The zero-order chi connectivity index (χ0) is 59.1. The van der Waals surface area contributed by atoms with E-state index in [-0.39, 0.29) is 16.5 Å². The minimum Gasteiger partial charge on any atom is -0.250 e. The van der Waals surface area contributed by atoms with Crippen molar-refractivity contribution in [2.75, 3.05) is 0 Å². The standard InChI is InChI=1S/C81H138N2.Ni/c1-5-9-13-15-17-19-21-23-25-27-29-31-33-35-37-39-41-43-45-47-49-51-53-55-57-59-62-66-76-68-64-70-78(74-76)82-80(72-12-8-4)81(73-61-11-7-3)83-79-71-65-69-77(75-79)67-63-60-58-56-54-52-50-48-46-44-42-40-38-36-34-32-30-28-26-24-22-20-18-16-14-10-6-2;/h62-71,74-75H,5-11,13-61,73H2,1-4H3;. The number of hydrogen-bond donors (Lipinski definition) is 0. The van der Waals surface area contributed by atoms with Crippen LogP contribution < -0.4 is 0 Å². The van der Waals surface area contributed by atoms with Crippen molar-refractivity contribution in [3.8, 4) is 11.8 Å². The third kappa shape index (κ3) is 52.4. The molecular weight excluding hydrogens is 1060 g/mol. The van der Waals surface area contributed by atoms with Crippen molar-refractivity contribution in [1.82, 2.24) is 0 Å². The molecule has 0 fully saturated rings. The Morgan fingerprint density at radius 2 is 0.583 bits per heavy atom. The second-order valence-corrected chi connectivity index (χ2v) is 25.7. The minimum absolute atomic E-state index is 0. The molecule has 2 rings (SSSR count). The van der Waals surface area contributed by atoms with E-state index in [0.29, 0.717) is 0 Å². The maximum Gasteiger partial charge on any atom is 0.135 e.